The van der Waals surface area contributed by atoms with Crippen molar-refractivity contribution >= 4 is 40.3 Å². The summed E-state index contributed by atoms with van der Waals surface area (Å²) in [6.45, 7) is 0.0821. The monoisotopic (exact) mass is 616 g/mol. The van der Waals surface area contributed by atoms with Crippen LogP contribution in [0.1, 0.15) is 19.3 Å². The van der Waals surface area contributed by atoms with E-state index in [9.17, 15) is 27.2 Å². The zero-order valence-corrected chi connectivity index (χ0v) is 23.2. The number of allylic oxidation sites excluding steroid dienone is 1. The van der Waals surface area contributed by atoms with E-state index >= 15 is 0 Å². The molecule has 224 valence electrons. The Labute approximate surface area is 247 Å². The average molecular weight is 617 g/mol. The summed E-state index contributed by atoms with van der Waals surface area (Å²) in [6, 6.07) is 7.52. The molecule has 0 bridgehead atoms. The van der Waals surface area contributed by atoms with E-state index in [4.69, 9.17) is 11.6 Å². The van der Waals surface area contributed by atoms with E-state index in [-0.39, 0.29) is 24.6 Å². The summed E-state index contributed by atoms with van der Waals surface area (Å²) in [5, 5.41) is 7.29. The molecule has 14 heteroatoms. The number of carbonyl (C=O) groups is 2. The average Bonchev–Trinajstić information content (AvgIpc) is 3.43. The minimum atomic E-state index is -1.73. The number of urea groups is 1. The molecule has 0 radical (unpaired) electrons. The van der Waals surface area contributed by atoms with Crippen molar-refractivity contribution in [3.8, 4) is 17.0 Å². The predicted molar refractivity (Wildman–Crippen MR) is 152 cm³/mol. The van der Waals surface area contributed by atoms with Gasteiger partial charge in [0.25, 0.3) is 0 Å². The smallest absolute Gasteiger partial charge is 0.321 e. The van der Waals surface area contributed by atoms with Crippen LogP contribution >= 0.6 is 11.6 Å². The maximum Gasteiger partial charge on any atom is 0.321 e. The standard InChI is InChI=1S/C29H25ClF4N6O3/c30-20-14-37-28(39-26(20)19-13-36-23-6-2-1-5-18(19)23)38-16-7-10-40(11-8-16)29(42)35-9-3-4-17(41)15-43-27-24(33)21(31)12-22(32)25(27)34/h1-3,5-6,9,12-14,16,36H,4,7-8,10-11,15H2,(H,35,42)(H,37,38,39). The third-order valence-electron chi connectivity index (χ3n) is 6.82. The number of benzene rings is 2. The maximum atomic E-state index is 13.6. The van der Waals surface area contributed by atoms with E-state index in [2.05, 4.69) is 30.3 Å². The van der Waals surface area contributed by atoms with Crippen molar-refractivity contribution in [3.05, 3.63) is 83.3 Å². The number of Topliss-reactive ketones (excluding diaryl/α,β-unsaturated/α-hetero) is 1. The number of amides is 2. The highest BCUT2D eigenvalue weighted by atomic mass is 35.5. The van der Waals surface area contributed by atoms with Crippen LogP contribution in [0.5, 0.6) is 5.75 Å². The Hall–Kier alpha value is -4.65. The number of nitrogens with one attached hydrogen (secondary N) is 3. The lowest BCUT2D eigenvalue weighted by molar-refractivity contribution is -0.120. The SMILES string of the molecule is O=C(CC=CNC(=O)N1CCC(Nc2ncc(Cl)c(-c3c[nH]c4ccccc34)n2)CC1)COc1c(F)c(F)cc(F)c1F. The summed E-state index contributed by atoms with van der Waals surface area (Å²) in [7, 11) is 0. The third-order valence-corrected chi connectivity index (χ3v) is 7.10. The van der Waals surface area contributed by atoms with Gasteiger partial charge in [0.2, 0.25) is 17.6 Å². The normalized spacial score (nSPS) is 13.9. The molecule has 3 N–H and O–H groups in total. The number of nitrogens with zero attached hydrogens (tertiary/aromatic N) is 3. The summed E-state index contributed by atoms with van der Waals surface area (Å²) < 4.78 is 58.4. The number of H-pyrrole nitrogens is 1. The van der Waals surface area contributed by atoms with Gasteiger partial charge in [-0.2, -0.15) is 8.78 Å². The molecule has 1 aliphatic rings. The highest BCUT2D eigenvalue weighted by molar-refractivity contribution is 6.33. The summed E-state index contributed by atoms with van der Waals surface area (Å²) in [4.78, 5) is 38.2. The molecule has 43 heavy (non-hydrogen) atoms. The first-order valence-electron chi connectivity index (χ1n) is 13.2. The van der Waals surface area contributed by atoms with Gasteiger partial charge in [-0.05, 0) is 18.9 Å². The molecule has 2 amide bonds. The van der Waals surface area contributed by atoms with Crippen molar-refractivity contribution in [1.29, 1.82) is 0 Å². The van der Waals surface area contributed by atoms with Crippen molar-refractivity contribution in [3.63, 3.8) is 0 Å². The second-order valence-corrected chi connectivity index (χ2v) is 10.1. The topological polar surface area (TPSA) is 112 Å². The number of hydrogen-bond donors (Lipinski definition) is 3. The van der Waals surface area contributed by atoms with Crippen LogP contribution in [-0.4, -0.2) is 57.4 Å². The Balaban J connectivity index is 1.07. The van der Waals surface area contributed by atoms with E-state index < -0.39 is 41.4 Å². The molecule has 1 aliphatic heterocycles. The lowest BCUT2D eigenvalue weighted by atomic mass is 10.1. The molecule has 2 aromatic heterocycles. The van der Waals surface area contributed by atoms with Gasteiger partial charge < -0.3 is 25.3 Å². The molecule has 3 heterocycles. The van der Waals surface area contributed by atoms with Crippen LogP contribution in [0.25, 0.3) is 22.2 Å². The number of hydrogen-bond acceptors (Lipinski definition) is 6. The fourth-order valence-corrected chi connectivity index (χ4v) is 4.80. The molecule has 9 nitrogen and oxygen atoms in total. The summed E-state index contributed by atoms with van der Waals surface area (Å²) in [6.07, 6.45) is 7.01. The van der Waals surface area contributed by atoms with Crippen LogP contribution in [0.2, 0.25) is 5.02 Å². The lowest BCUT2D eigenvalue weighted by Crippen LogP contribution is -2.45. The zero-order chi connectivity index (χ0) is 30.5. The van der Waals surface area contributed by atoms with Crippen molar-refractivity contribution < 1.29 is 31.9 Å². The van der Waals surface area contributed by atoms with Crippen LogP contribution in [-0.2, 0) is 4.79 Å². The van der Waals surface area contributed by atoms with Gasteiger partial charge in [-0.3, -0.25) is 4.79 Å². The largest absolute Gasteiger partial charge is 0.480 e. The highest BCUT2D eigenvalue weighted by Crippen LogP contribution is 2.32. The van der Waals surface area contributed by atoms with E-state index in [0.29, 0.717) is 42.6 Å². The van der Waals surface area contributed by atoms with Crippen LogP contribution in [0.3, 0.4) is 0 Å². The second kappa shape index (κ2) is 13.1. The Morgan fingerprint density at radius 2 is 1.84 bits per heavy atom. The van der Waals surface area contributed by atoms with Crippen molar-refractivity contribution in [1.82, 2.24) is 25.2 Å². The van der Waals surface area contributed by atoms with Gasteiger partial charge in [0.05, 0.1) is 16.9 Å². The third kappa shape index (κ3) is 6.88. The van der Waals surface area contributed by atoms with Crippen LogP contribution in [0.15, 0.2) is 55.0 Å². The van der Waals surface area contributed by atoms with E-state index in [1.54, 1.807) is 11.1 Å². The summed E-state index contributed by atoms with van der Waals surface area (Å²) in [5.74, 6) is -8.27. The fourth-order valence-electron chi connectivity index (χ4n) is 4.60. The first-order chi connectivity index (χ1) is 20.7. The number of piperidine rings is 1. The van der Waals surface area contributed by atoms with E-state index in [1.807, 2.05) is 30.5 Å². The minimum Gasteiger partial charge on any atom is -0.480 e. The van der Waals surface area contributed by atoms with Crippen molar-refractivity contribution in [2.45, 2.75) is 25.3 Å². The molecule has 5 rings (SSSR count). The second-order valence-electron chi connectivity index (χ2n) is 9.72. The Bertz CT molecular complexity index is 1660. The number of anilines is 1. The van der Waals surface area contributed by atoms with Crippen LogP contribution in [0, 0.1) is 23.3 Å². The number of ketones is 1. The number of para-hydroxylation sites is 1. The van der Waals surface area contributed by atoms with E-state index in [0.717, 1.165) is 16.5 Å². The summed E-state index contributed by atoms with van der Waals surface area (Å²) >= 11 is 6.42. The molecule has 1 fully saturated rings. The van der Waals surface area contributed by atoms with E-state index in [1.165, 1.54) is 12.3 Å². The van der Waals surface area contributed by atoms with Crippen LogP contribution < -0.4 is 15.4 Å². The summed E-state index contributed by atoms with van der Waals surface area (Å²) in [5.41, 5.74) is 2.44. The van der Waals surface area contributed by atoms with Gasteiger partial charge in [-0.1, -0.05) is 35.9 Å². The van der Waals surface area contributed by atoms with Gasteiger partial charge in [0.15, 0.2) is 23.2 Å². The van der Waals surface area contributed by atoms with Crippen molar-refractivity contribution in [2.24, 2.45) is 0 Å². The molecule has 0 aliphatic carbocycles. The first kappa shape index (κ1) is 29.8. The lowest BCUT2D eigenvalue weighted by Gasteiger charge is -2.32. The highest BCUT2D eigenvalue weighted by Gasteiger charge is 2.24. The van der Waals surface area contributed by atoms with Gasteiger partial charge in [-0.15, -0.1) is 0 Å². The number of aromatic nitrogens is 3. The Kier molecular flexibility index (Phi) is 9.10. The molecular formula is C29H25ClF4N6O3. The number of halogens is 5. The predicted octanol–water partition coefficient (Wildman–Crippen LogP) is 5.97. The molecule has 1 saturated heterocycles. The molecule has 2 aromatic carbocycles. The quantitative estimate of drug-likeness (QED) is 0.158. The fraction of sp³-hybridized carbons (Fsp3) is 0.241. The molecule has 0 saturated carbocycles. The van der Waals surface area contributed by atoms with Crippen LogP contribution in [0.4, 0.5) is 28.3 Å². The Morgan fingerprint density at radius 3 is 2.58 bits per heavy atom. The molecule has 0 spiro atoms. The molecule has 0 unspecified atom stereocenters. The Morgan fingerprint density at radius 1 is 1.12 bits per heavy atom. The number of fused-ring (bicyclic) bond motifs is 1. The number of carbonyl (C=O) groups excluding carboxylic acids is 2. The minimum absolute atomic E-state index is 0.0236. The van der Waals surface area contributed by atoms with Gasteiger partial charge in [0.1, 0.15) is 6.61 Å². The van der Waals surface area contributed by atoms with Gasteiger partial charge in [-0.25, -0.2) is 23.5 Å². The van der Waals surface area contributed by atoms with Crippen molar-refractivity contribution in [2.75, 3.05) is 25.0 Å². The number of rotatable bonds is 9. The molecular weight excluding hydrogens is 592 g/mol. The zero-order valence-electron chi connectivity index (χ0n) is 22.5. The number of ether oxygens (including phenoxy) is 1. The molecule has 4 aromatic rings. The van der Waals surface area contributed by atoms with Gasteiger partial charge >= 0.3 is 6.03 Å². The molecule has 0 atom stereocenters. The van der Waals surface area contributed by atoms with Gasteiger partial charge in [0, 0.05) is 60.5 Å². The first-order valence-corrected chi connectivity index (χ1v) is 13.6. The number of likely N-dealkylation sites (tertiary alicyclic amines) is 1. The number of aromatic amines is 1. The maximum absolute atomic E-state index is 13.6.